The Hall–Kier alpha value is -1.33. The molecule has 0 bridgehead atoms. The predicted molar refractivity (Wildman–Crippen MR) is 84.4 cm³/mol. The fourth-order valence-corrected chi connectivity index (χ4v) is 3.00. The summed E-state index contributed by atoms with van der Waals surface area (Å²) in [6.45, 7) is 4.75. The minimum absolute atomic E-state index is 0.0679. The Labute approximate surface area is 133 Å². The molecule has 0 aliphatic carbocycles. The predicted octanol–water partition coefficient (Wildman–Crippen LogP) is 4.31. The van der Waals surface area contributed by atoms with Crippen molar-refractivity contribution in [3.8, 4) is 5.75 Å². The van der Waals surface area contributed by atoms with Crippen LogP contribution in [0.2, 0.25) is 0 Å². The molecule has 1 N–H and O–H groups in total. The molecule has 2 heterocycles. The maximum absolute atomic E-state index is 5.84. The molecule has 2 aromatic rings. The van der Waals surface area contributed by atoms with Crippen LogP contribution in [-0.2, 0) is 0 Å². The first kappa shape index (κ1) is 14.6. The van der Waals surface area contributed by atoms with E-state index in [9.17, 15) is 0 Å². The first-order valence-electron chi connectivity index (χ1n) is 7.24. The molecule has 112 valence electrons. The molecule has 1 aliphatic rings. The number of fused-ring (bicyclic) bond motifs is 1. The van der Waals surface area contributed by atoms with E-state index < -0.39 is 0 Å². The highest BCUT2D eigenvalue weighted by Gasteiger charge is 2.23. The number of halogens is 1. The third kappa shape index (κ3) is 3.30. The van der Waals surface area contributed by atoms with Crippen molar-refractivity contribution in [3.63, 3.8) is 0 Å². The number of oxazole rings is 1. The zero-order chi connectivity index (χ0) is 14.8. The van der Waals surface area contributed by atoms with Crippen molar-refractivity contribution < 1.29 is 9.15 Å². The van der Waals surface area contributed by atoms with E-state index in [1.807, 2.05) is 13.0 Å². The van der Waals surface area contributed by atoms with Gasteiger partial charge in [-0.3, -0.25) is 5.32 Å². The van der Waals surface area contributed by atoms with E-state index in [0.29, 0.717) is 0 Å². The summed E-state index contributed by atoms with van der Waals surface area (Å²) < 4.78 is 12.5. The smallest absolute Gasteiger partial charge is 0.211 e. The number of nitrogens with zero attached hydrogens (tertiary/aromatic N) is 1. The maximum Gasteiger partial charge on any atom is 0.211 e. The molecule has 0 radical (unpaired) electrons. The highest BCUT2D eigenvalue weighted by molar-refractivity contribution is 9.10. The van der Waals surface area contributed by atoms with Crippen molar-refractivity contribution >= 4 is 15.9 Å². The van der Waals surface area contributed by atoms with Crippen LogP contribution in [0.25, 0.3) is 0 Å². The van der Waals surface area contributed by atoms with Gasteiger partial charge in [-0.25, -0.2) is 4.98 Å². The molecule has 2 atom stereocenters. The quantitative estimate of drug-likeness (QED) is 0.895. The lowest BCUT2D eigenvalue weighted by molar-refractivity contribution is 0.313. The van der Waals surface area contributed by atoms with Crippen LogP contribution < -0.4 is 10.1 Å². The van der Waals surface area contributed by atoms with Crippen molar-refractivity contribution in [1.82, 2.24) is 10.3 Å². The molecule has 0 saturated heterocycles. The SMILES string of the molecule is Cc1cnc(C(C)NC2CCCOc3cc(Br)ccc32)o1. The third-order valence-corrected chi connectivity index (χ3v) is 4.20. The Morgan fingerprint density at radius 2 is 2.29 bits per heavy atom. The van der Waals surface area contributed by atoms with Gasteiger partial charge in [0.1, 0.15) is 11.5 Å². The number of aromatic nitrogens is 1. The summed E-state index contributed by atoms with van der Waals surface area (Å²) >= 11 is 3.50. The van der Waals surface area contributed by atoms with Crippen LogP contribution in [0.1, 0.15) is 49.1 Å². The minimum Gasteiger partial charge on any atom is -0.493 e. The zero-order valence-electron chi connectivity index (χ0n) is 12.2. The first-order chi connectivity index (χ1) is 10.1. The molecule has 4 nitrogen and oxygen atoms in total. The monoisotopic (exact) mass is 350 g/mol. The third-order valence-electron chi connectivity index (χ3n) is 3.71. The lowest BCUT2D eigenvalue weighted by atomic mass is 10.0. The molecule has 2 unspecified atom stereocenters. The van der Waals surface area contributed by atoms with E-state index in [1.165, 1.54) is 5.56 Å². The molecule has 1 aliphatic heterocycles. The van der Waals surface area contributed by atoms with Gasteiger partial charge in [0.05, 0.1) is 18.8 Å². The van der Waals surface area contributed by atoms with Crippen molar-refractivity contribution in [2.24, 2.45) is 0 Å². The second-order valence-electron chi connectivity index (χ2n) is 5.42. The molecule has 0 saturated carbocycles. The second kappa shape index (κ2) is 6.20. The fraction of sp³-hybridized carbons (Fsp3) is 0.438. The van der Waals surface area contributed by atoms with Gasteiger partial charge < -0.3 is 9.15 Å². The molecule has 5 heteroatoms. The van der Waals surface area contributed by atoms with E-state index in [4.69, 9.17) is 9.15 Å². The van der Waals surface area contributed by atoms with Gasteiger partial charge >= 0.3 is 0 Å². The molecule has 0 amide bonds. The molecular formula is C16H19BrN2O2. The summed E-state index contributed by atoms with van der Waals surface area (Å²) in [5.41, 5.74) is 1.20. The first-order valence-corrected chi connectivity index (χ1v) is 8.03. The van der Waals surface area contributed by atoms with Gasteiger partial charge in [-0.05, 0) is 38.8 Å². The number of hydrogen-bond donors (Lipinski definition) is 1. The van der Waals surface area contributed by atoms with Crippen molar-refractivity contribution in [3.05, 3.63) is 46.1 Å². The van der Waals surface area contributed by atoms with Crippen LogP contribution in [0.4, 0.5) is 0 Å². The number of aryl methyl sites for hydroxylation is 1. The van der Waals surface area contributed by atoms with Gasteiger partial charge in [0.2, 0.25) is 5.89 Å². The highest BCUT2D eigenvalue weighted by Crippen LogP contribution is 2.35. The second-order valence-corrected chi connectivity index (χ2v) is 6.34. The number of nitrogens with one attached hydrogen (secondary N) is 1. The Morgan fingerprint density at radius 1 is 1.43 bits per heavy atom. The lowest BCUT2D eigenvalue weighted by Crippen LogP contribution is -2.24. The molecule has 3 rings (SSSR count). The van der Waals surface area contributed by atoms with E-state index in [-0.39, 0.29) is 12.1 Å². The topological polar surface area (TPSA) is 47.3 Å². The van der Waals surface area contributed by atoms with Gasteiger partial charge in [-0.1, -0.05) is 22.0 Å². The molecular weight excluding hydrogens is 332 g/mol. The van der Waals surface area contributed by atoms with Gasteiger partial charge in [0.15, 0.2) is 0 Å². The Bertz CT molecular complexity index is 626. The standard InChI is InChI=1S/C16H19BrN2O2/c1-10-9-18-16(21-10)11(2)19-14-4-3-7-20-15-8-12(17)5-6-13(14)15/h5-6,8-9,11,14,19H,3-4,7H2,1-2H3. The van der Waals surface area contributed by atoms with Crippen LogP contribution in [-0.4, -0.2) is 11.6 Å². The van der Waals surface area contributed by atoms with Gasteiger partial charge in [-0.15, -0.1) is 0 Å². The maximum atomic E-state index is 5.84. The van der Waals surface area contributed by atoms with Crippen LogP contribution in [0.5, 0.6) is 5.75 Å². The Morgan fingerprint density at radius 3 is 3.05 bits per heavy atom. The average molecular weight is 351 g/mol. The van der Waals surface area contributed by atoms with E-state index >= 15 is 0 Å². The highest BCUT2D eigenvalue weighted by atomic mass is 79.9. The van der Waals surface area contributed by atoms with Gasteiger partial charge in [0.25, 0.3) is 0 Å². The van der Waals surface area contributed by atoms with Crippen LogP contribution in [0.15, 0.2) is 33.3 Å². The Balaban J connectivity index is 1.82. The molecule has 1 aromatic carbocycles. The van der Waals surface area contributed by atoms with Crippen molar-refractivity contribution in [2.75, 3.05) is 6.61 Å². The minimum atomic E-state index is 0.0679. The normalized spacial score (nSPS) is 19.5. The van der Waals surface area contributed by atoms with E-state index in [0.717, 1.165) is 41.3 Å². The molecule has 21 heavy (non-hydrogen) atoms. The molecule has 0 fully saturated rings. The van der Waals surface area contributed by atoms with E-state index in [2.05, 4.69) is 45.3 Å². The number of rotatable bonds is 3. The largest absolute Gasteiger partial charge is 0.493 e. The summed E-state index contributed by atoms with van der Waals surface area (Å²) in [5, 5.41) is 3.61. The summed E-state index contributed by atoms with van der Waals surface area (Å²) in [6.07, 6.45) is 3.83. The number of ether oxygens (including phenoxy) is 1. The summed E-state index contributed by atoms with van der Waals surface area (Å²) in [4.78, 5) is 4.31. The van der Waals surface area contributed by atoms with Crippen LogP contribution in [0.3, 0.4) is 0 Å². The molecule has 0 spiro atoms. The van der Waals surface area contributed by atoms with Crippen LogP contribution >= 0.6 is 15.9 Å². The van der Waals surface area contributed by atoms with E-state index in [1.54, 1.807) is 6.20 Å². The van der Waals surface area contributed by atoms with Crippen molar-refractivity contribution in [2.45, 2.75) is 38.8 Å². The summed E-state index contributed by atoms with van der Waals surface area (Å²) in [5.74, 6) is 2.53. The zero-order valence-corrected chi connectivity index (χ0v) is 13.8. The number of hydrogen-bond acceptors (Lipinski definition) is 4. The van der Waals surface area contributed by atoms with Crippen LogP contribution in [0, 0.1) is 6.92 Å². The summed E-state index contributed by atoms with van der Waals surface area (Å²) in [6, 6.07) is 6.53. The fourth-order valence-electron chi connectivity index (χ4n) is 2.66. The average Bonchev–Trinajstić information content (AvgIpc) is 2.79. The molecule has 1 aromatic heterocycles. The summed E-state index contributed by atoms with van der Waals surface area (Å²) in [7, 11) is 0. The Kier molecular flexibility index (Phi) is 4.31. The van der Waals surface area contributed by atoms with Crippen molar-refractivity contribution in [1.29, 1.82) is 0 Å². The van der Waals surface area contributed by atoms with Gasteiger partial charge in [0, 0.05) is 16.1 Å². The van der Waals surface area contributed by atoms with Gasteiger partial charge in [-0.2, -0.15) is 0 Å². The number of benzene rings is 1. The lowest BCUT2D eigenvalue weighted by Gasteiger charge is -2.21.